The van der Waals surface area contributed by atoms with E-state index in [2.05, 4.69) is 5.32 Å². The number of nitrogens with one attached hydrogen (secondary N) is 1. The van der Waals surface area contributed by atoms with E-state index in [1.807, 2.05) is 61.5 Å². The predicted octanol–water partition coefficient (Wildman–Crippen LogP) is 4.11. The van der Waals surface area contributed by atoms with Crippen LogP contribution in [0.4, 0.5) is 0 Å². The lowest BCUT2D eigenvalue weighted by molar-refractivity contribution is -0.0165. The molecule has 0 spiro atoms. The van der Waals surface area contributed by atoms with E-state index in [1.165, 1.54) is 0 Å². The summed E-state index contributed by atoms with van der Waals surface area (Å²) < 4.78 is 11.4. The van der Waals surface area contributed by atoms with E-state index < -0.39 is 5.60 Å². The number of para-hydroxylation sites is 1. The zero-order chi connectivity index (χ0) is 17.0. The molecule has 1 heterocycles. The molecule has 0 fully saturated rings. The second-order valence-corrected chi connectivity index (χ2v) is 5.75. The zero-order valence-electron chi connectivity index (χ0n) is 13.9. The second kappa shape index (κ2) is 6.89. The smallest absolute Gasteiger partial charge is 0.287 e. The van der Waals surface area contributed by atoms with E-state index in [-0.39, 0.29) is 5.91 Å². The number of benzene rings is 2. The summed E-state index contributed by atoms with van der Waals surface area (Å²) in [5.74, 6) is 0.0716. The molecular weight excluding hydrogens is 302 g/mol. The van der Waals surface area contributed by atoms with Crippen LogP contribution >= 0.6 is 0 Å². The Morgan fingerprint density at radius 1 is 1.12 bits per heavy atom. The van der Waals surface area contributed by atoms with Gasteiger partial charge < -0.3 is 14.5 Å². The number of ether oxygens (including phenoxy) is 1. The van der Waals surface area contributed by atoms with Gasteiger partial charge in [-0.25, -0.2) is 0 Å². The number of rotatable bonds is 6. The van der Waals surface area contributed by atoms with E-state index in [1.54, 1.807) is 13.2 Å². The lowest BCUT2D eigenvalue weighted by Crippen LogP contribution is -2.41. The fraction of sp³-hybridized carbons (Fsp3) is 0.250. The Balaban J connectivity index is 1.78. The van der Waals surface area contributed by atoms with Gasteiger partial charge in [0.2, 0.25) is 0 Å². The van der Waals surface area contributed by atoms with Crippen molar-refractivity contribution >= 4 is 16.9 Å². The molecule has 1 amide bonds. The Kier molecular flexibility index (Phi) is 4.67. The molecule has 124 valence electrons. The highest BCUT2D eigenvalue weighted by Crippen LogP contribution is 2.28. The maximum Gasteiger partial charge on any atom is 0.287 e. The molecule has 1 aromatic heterocycles. The molecule has 0 bridgehead atoms. The minimum Gasteiger partial charge on any atom is -0.451 e. The maximum absolute atomic E-state index is 12.5. The summed E-state index contributed by atoms with van der Waals surface area (Å²) in [5.41, 5.74) is 1.20. The Labute approximate surface area is 141 Å². The quantitative estimate of drug-likeness (QED) is 0.742. The first-order chi connectivity index (χ1) is 11.7. The summed E-state index contributed by atoms with van der Waals surface area (Å²) >= 11 is 0. The van der Waals surface area contributed by atoms with E-state index in [4.69, 9.17) is 9.15 Å². The largest absolute Gasteiger partial charge is 0.451 e. The fourth-order valence-electron chi connectivity index (χ4n) is 2.91. The van der Waals surface area contributed by atoms with Crippen LogP contribution < -0.4 is 5.32 Å². The molecule has 1 N–H and O–H groups in total. The van der Waals surface area contributed by atoms with E-state index in [0.29, 0.717) is 17.9 Å². The van der Waals surface area contributed by atoms with Crippen molar-refractivity contribution in [2.75, 3.05) is 13.7 Å². The van der Waals surface area contributed by atoms with Crippen molar-refractivity contribution < 1.29 is 13.9 Å². The molecule has 0 aliphatic heterocycles. The van der Waals surface area contributed by atoms with E-state index in [0.717, 1.165) is 17.4 Å². The molecule has 0 aliphatic carbocycles. The molecule has 0 unspecified atom stereocenters. The molecule has 24 heavy (non-hydrogen) atoms. The lowest BCUT2D eigenvalue weighted by atomic mass is 9.90. The standard InChI is InChI=1S/C20H21NO3/c1-3-20(23-2,16-10-5-4-6-11-16)14-21-19(22)18-13-15-9-7-8-12-17(15)24-18/h4-13H,3,14H2,1-2H3,(H,21,22)/t20-/m0/s1. The van der Waals surface area contributed by atoms with Gasteiger partial charge in [-0.3, -0.25) is 4.79 Å². The number of carbonyl (C=O) groups is 1. The van der Waals surface area contributed by atoms with Crippen LogP contribution in [0.3, 0.4) is 0 Å². The molecule has 0 aliphatic rings. The number of methoxy groups -OCH3 is 1. The third-order valence-electron chi connectivity index (χ3n) is 4.45. The third-order valence-corrected chi connectivity index (χ3v) is 4.45. The maximum atomic E-state index is 12.5. The van der Waals surface area contributed by atoms with Crippen LogP contribution in [0.15, 0.2) is 65.1 Å². The van der Waals surface area contributed by atoms with Gasteiger partial charge in [0.25, 0.3) is 5.91 Å². The SMILES string of the molecule is CC[C@@](CNC(=O)c1cc2ccccc2o1)(OC)c1ccccc1. The summed E-state index contributed by atoms with van der Waals surface area (Å²) in [7, 11) is 1.67. The van der Waals surface area contributed by atoms with E-state index >= 15 is 0 Å². The van der Waals surface area contributed by atoms with Gasteiger partial charge in [-0.15, -0.1) is 0 Å². The summed E-state index contributed by atoms with van der Waals surface area (Å²) in [4.78, 5) is 12.5. The van der Waals surface area contributed by atoms with Gasteiger partial charge >= 0.3 is 0 Å². The molecule has 2 aromatic carbocycles. The number of carbonyl (C=O) groups excluding carboxylic acids is 1. The number of amides is 1. The number of furan rings is 1. The Bertz CT molecular complexity index is 786. The molecule has 0 saturated carbocycles. The first kappa shape index (κ1) is 16.3. The molecule has 0 radical (unpaired) electrons. The Morgan fingerprint density at radius 2 is 1.83 bits per heavy atom. The van der Waals surface area contributed by atoms with Gasteiger partial charge in [-0.2, -0.15) is 0 Å². The molecule has 4 nitrogen and oxygen atoms in total. The van der Waals surface area contributed by atoms with Crippen LogP contribution in [-0.4, -0.2) is 19.6 Å². The second-order valence-electron chi connectivity index (χ2n) is 5.75. The first-order valence-electron chi connectivity index (χ1n) is 8.06. The highest BCUT2D eigenvalue weighted by Gasteiger charge is 2.31. The van der Waals surface area contributed by atoms with Crippen LogP contribution in [-0.2, 0) is 10.3 Å². The number of hydrogen-bond acceptors (Lipinski definition) is 3. The number of hydrogen-bond donors (Lipinski definition) is 1. The molecule has 1 atom stereocenters. The fourth-order valence-corrected chi connectivity index (χ4v) is 2.91. The number of fused-ring (bicyclic) bond motifs is 1. The van der Waals surface area contributed by atoms with Gasteiger partial charge in [-0.1, -0.05) is 55.5 Å². The van der Waals surface area contributed by atoms with Gasteiger partial charge in [0, 0.05) is 12.5 Å². The van der Waals surface area contributed by atoms with E-state index in [9.17, 15) is 4.79 Å². The van der Waals surface area contributed by atoms with Crippen molar-refractivity contribution in [2.45, 2.75) is 18.9 Å². The van der Waals surface area contributed by atoms with Gasteiger partial charge in [0.15, 0.2) is 5.76 Å². The molecule has 0 saturated heterocycles. The van der Waals surface area contributed by atoms with Crippen LogP contribution in [0.2, 0.25) is 0 Å². The van der Waals surface area contributed by atoms with Crippen LogP contribution in [0.5, 0.6) is 0 Å². The van der Waals surface area contributed by atoms with Crippen molar-refractivity contribution in [3.63, 3.8) is 0 Å². The van der Waals surface area contributed by atoms with Gasteiger partial charge in [-0.05, 0) is 24.1 Å². The Hall–Kier alpha value is -2.59. The normalized spacial score (nSPS) is 13.6. The lowest BCUT2D eigenvalue weighted by Gasteiger charge is -2.32. The highest BCUT2D eigenvalue weighted by atomic mass is 16.5. The van der Waals surface area contributed by atoms with Crippen molar-refractivity contribution in [1.29, 1.82) is 0 Å². The van der Waals surface area contributed by atoms with Crippen LogP contribution in [0.25, 0.3) is 11.0 Å². The topological polar surface area (TPSA) is 51.5 Å². The molecular formula is C20H21NO3. The van der Waals surface area contributed by atoms with Crippen molar-refractivity contribution in [1.82, 2.24) is 5.32 Å². The average molecular weight is 323 g/mol. The minimum atomic E-state index is -0.553. The predicted molar refractivity (Wildman–Crippen MR) is 94.0 cm³/mol. The summed E-state index contributed by atoms with van der Waals surface area (Å²) in [6.45, 7) is 2.42. The molecule has 3 aromatic rings. The van der Waals surface area contributed by atoms with Crippen molar-refractivity contribution in [2.24, 2.45) is 0 Å². The van der Waals surface area contributed by atoms with Gasteiger partial charge in [0.1, 0.15) is 11.2 Å². The monoisotopic (exact) mass is 323 g/mol. The zero-order valence-corrected chi connectivity index (χ0v) is 13.9. The molecule has 4 heteroatoms. The van der Waals surface area contributed by atoms with Gasteiger partial charge in [0.05, 0.1) is 6.54 Å². The minimum absolute atomic E-state index is 0.239. The highest BCUT2D eigenvalue weighted by molar-refractivity contribution is 5.96. The summed E-state index contributed by atoms with van der Waals surface area (Å²) in [6.07, 6.45) is 0.744. The van der Waals surface area contributed by atoms with Crippen LogP contribution in [0, 0.1) is 0 Å². The van der Waals surface area contributed by atoms with Crippen molar-refractivity contribution in [3.8, 4) is 0 Å². The Morgan fingerprint density at radius 3 is 2.50 bits per heavy atom. The average Bonchev–Trinajstić information content (AvgIpc) is 3.08. The van der Waals surface area contributed by atoms with Crippen LogP contribution in [0.1, 0.15) is 29.5 Å². The third kappa shape index (κ3) is 3.05. The first-order valence-corrected chi connectivity index (χ1v) is 8.06. The summed E-state index contributed by atoms with van der Waals surface area (Å²) in [5, 5.41) is 3.86. The molecule has 3 rings (SSSR count). The van der Waals surface area contributed by atoms with Crippen molar-refractivity contribution in [3.05, 3.63) is 72.0 Å². The summed E-state index contributed by atoms with van der Waals surface area (Å²) in [6, 6.07) is 19.3.